The van der Waals surface area contributed by atoms with Crippen LogP contribution in [0.25, 0.3) is 0 Å². The summed E-state index contributed by atoms with van der Waals surface area (Å²) in [5.41, 5.74) is 0. The van der Waals surface area contributed by atoms with E-state index in [0.717, 1.165) is 0 Å². The summed E-state index contributed by atoms with van der Waals surface area (Å²) < 4.78 is 6.78. The molecule has 2 aromatic carbocycles. The molecule has 0 unspecified atom stereocenters. The van der Waals surface area contributed by atoms with E-state index in [4.69, 9.17) is 4.43 Å². The van der Waals surface area contributed by atoms with Gasteiger partial charge in [0.05, 0.1) is 6.10 Å². The molecule has 2 nitrogen and oxygen atoms in total. The van der Waals surface area contributed by atoms with Crippen molar-refractivity contribution in [3.8, 4) is 0 Å². The van der Waals surface area contributed by atoms with Crippen LogP contribution >= 0.6 is 0 Å². The van der Waals surface area contributed by atoms with Gasteiger partial charge >= 0.3 is 0 Å². The normalized spacial score (nSPS) is 14.8. The van der Waals surface area contributed by atoms with Crippen molar-refractivity contribution in [1.82, 2.24) is 0 Å². The minimum Gasteiger partial charge on any atom is -0.407 e. The first-order valence-electron chi connectivity index (χ1n) is 8.88. The lowest BCUT2D eigenvalue weighted by molar-refractivity contribution is 0.117. The molecule has 0 radical (unpaired) electrons. The number of hydrogen-bond donors (Lipinski definition) is 1. The molecule has 134 valence electrons. The first kappa shape index (κ1) is 19.6. The summed E-state index contributed by atoms with van der Waals surface area (Å²) in [4.78, 5) is 0. The molecular weight excluding hydrogens is 324 g/mol. The summed E-state index contributed by atoms with van der Waals surface area (Å²) in [6.45, 7) is 13.0. The number of hydrogen-bond acceptors (Lipinski definition) is 2. The highest BCUT2D eigenvalue weighted by atomic mass is 28.4. The Morgan fingerprint density at radius 2 is 1.44 bits per heavy atom. The number of aliphatic hydroxyl groups excluding tert-OH is 1. The highest BCUT2D eigenvalue weighted by molar-refractivity contribution is 6.99. The quantitative estimate of drug-likeness (QED) is 0.606. The van der Waals surface area contributed by atoms with E-state index in [-0.39, 0.29) is 11.0 Å². The van der Waals surface area contributed by atoms with E-state index >= 15 is 0 Å². The molecule has 0 bridgehead atoms. The van der Waals surface area contributed by atoms with Gasteiger partial charge in [-0.25, -0.2) is 0 Å². The van der Waals surface area contributed by atoms with E-state index < -0.39 is 14.4 Å². The molecule has 0 heterocycles. The van der Waals surface area contributed by atoms with E-state index in [1.54, 1.807) is 6.08 Å². The van der Waals surface area contributed by atoms with Crippen LogP contribution in [0.4, 0.5) is 0 Å². The van der Waals surface area contributed by atoms with Crippen molar-refractivity contribution in [2.45, 2.75) is 38.8 Å². The Kier molecular flexibility index (Phi) is 6.39. The maximum atomic E-state index is 10.1. The van der Waals surface area contributed by atoms with Crippen LogP contribution < -0.4 is 10.4 Å². The first-order valence-corrected chi connectivity index (χ1v) is 10.8. The fourth-order valence-corrected chi connectivity index (χ4v) is 8.02. The van der Waals surface area contributed by atoms with Crippen LogP contribution in [0.2, 0.25) is 5.04 Å². The van der Waals surface area contributed by atoms with Gasteiger partial charge in [0.1, 0.15) is 0 Å². The van der Waals surface area contributed by atoms with Gasteiger partial charge < -0.3 is 9.53 Å². The fourth-order valence-electron chi connectivity index (χ4n) is 3.35. The molecule has 1 N–H and O–H groups in total. The second kappa shape index (κ2) is 8.13. The Labute approximate surface area is 153 Å². The standard InChI is InChI=1S/C22H30O2Si/c1-6-21(23)18(2)17-24-25(22(3,4)5,19-13-9-7-10-14-19)20-15-11-8-12-16-20/h6-16,18,21,23H,1,17H2,2-5H3/t18-,21+/m0/s1. The summed E-state index contributed by atoms with van der Waals surface area (Å²) in [7, 11) is -2.52. The van der Waals surface area contributed by atoms with Gasteiger partial charge in [-0.1, -0.05) is 94.4 Å². The molecule has 0 amide bonds. The first-order chi connectivity index (χ1) is 11.8. The van der Waals surface area contributed by atoms with Crippen molar-refractivity contribution in [3.63, 3.8) is 0 Å². The Morgan fingerprint density at radius 3 is 1.80 bits per heavy atom. The molecule has 2 atom stereocenters. The molecule has 0 aliphatic carbocycles. The minimum atomic E-state index is -2.52. The number of benzene rings is 2. The van der Waals surface area contributed by atoms with Gasteiger partial charge in [0.15, 0.2) is 0 Å². The fraction of sp³-hybridized carbons (Fsp3) is 0.364. The summed E-state index contributed by atoms with van der Waals surface area (Å²) in [6.07, 6.45) is 1.03. The van der Waals surface area contributed by atoms with Crippen LogP contribution in [-0.4, -0.2) is 26.1 Å². The highest BCUT2D eigenvalue weighted by Crippen LogP contribution is 2.37. The average molecular weight is 355 g/mol. The maximum Gasteiger partial charge on any atom is 0.261 e. The second-order valence-corrected chi connectivity index (χ2v) is 12.0. The lowest BCUT2D eigenvalue weighted by Gasteiger charge is -2.43. The van der Waals surface area contributed by atoms with Crippen molar-refractivity contribution < 1.29 is 9.53 Å². The molecule has 2 rings (SSSR count). The lowest BCUT2D eigenvalue weighted by atomic mass is 10.1. The van der Waals surface area contributed by atoms with Crippen molar-refractivity contribution in [3.05, 3.63) is 73.3 Å². The molecule has 0 spiro atoms. The number of rotatable bonds is 7. The molecule has 0 aromatic heterocycles. The minimum absolute atomic E-state index is 0.000788. The van der Waals surface area contributed by atoms with Gasteiger partial charge in [-0.2, -0.15) is 0 Å². The van der Waals surface area contributed by atoms with Crippen LogP contribution in [0, 0.1) is 5.92 Å². The zero-order valence-corrected chi connectivity index (χ0v) is 16.8. The Hall–Kier alpha value is -1.68. The third kappa shape index (κ3) is 4.11. The van der Waals surface area contributed by atoms with Gasteiger partial charge in [0, 0.05) is 12.5 Å². The predicted octanol–water partition coefficient (Wildman–Crippen LogP) is 3.75. The summed E-state index contributed by atoms with van der Waals surface area (Å²) in [6, 6.07) is 21.1. The third-order valence-corrected chi connectivity index (χ3v) is 9.81. The predicted molar refractivity (Wildman–Crippen MR) is 109 cm³/mol. The van der Waals surface area contributed by atoms with Crippen LogP contribution in [0.15, 0.2) is 73.3 Å². The average Bonchev–Trinajstić information content (AvgIpc) is 2.62. The Morgan fingerprint density at radius 1 is 1.00 bits per heavy atom. The van der Waals surface area contributed by atoms with E-state index in [0.29, 0.717) is 6.61 Å². The second-order valence-electron chi connectivity index (χ2n) is 7.68. The largest absolute Gasteiger partial charge is 0.407 e. The highest BCUT2D eigenvalue weighted by Gasteiger charge is 2.50. The van der Waals surface area contributed by atoms with Gasteiger partial charge in [-0.05, 0) is 15.4 Å². The van der Waals surface area contributed by atoms with E-state index in [1.165, 1.54) is 10.4 Å². The Balaban J connectivity index is 2.55. The van der Waals surface area contributed by atoms with Crippen molar-refractivity contribution in [2.24, 2.45) is 5.92 Å². The maximum absolute atomic E-state index is 10.1. The summed E-state index contributed by atoms with van der Waals surface area (Å²) >= 11 is 0. The molecule has 0 aliphatic heterocycles. The molecule has 0 fully saturated rings. The van der Waals surface area contributed by atoms with E-state index in [9.17, 15) is 5.11 Å². The molecule has 0 saturated carbocycles. The van der Waals surface area contributed by atoms with Crippen LogP contribution in [-0.2, 0) is 4.43 Å². The topological polar surface area (TPSA) is 29.5 Å². The molecule has 25 heavy (non-hydrogen) atoms. The van der Waals surface area contributed by atoms with Crippen molar-refractivity contribution in [2.75, 3.05) is 6.61 Å². The van der Waals surface area contributed by atoms with Crippen LogP contribution in [0.1, 0.15) is 27.7 Å². The summed E-state index contributed by atoms with van der Waals surface area (Å²) in [5, 5.41) is 12.6. The molecule has 3 heteroatoms. The van der Waals surface area contributed by atoms with Crippen LogP contribution in [0.3, 0.4) is 0 Å². The molecule has 0 aliphatic rings. The lowest BCUT2D eigenvalue weighted by Crippen LogP contribution is -2.67. The summed E-state index contributed by atoms with van der Waals surface area (Å²) in [5.74, 6) is -0.000788. The molecule has 2 aromatic rings. The van der Waals surface area contributed by atoms with Crippen LogP contribution in [0.5, 0.6) is 0 Å². The van der Waals surface area contributed by atoms with Gasteiger partial charge in [0.25, 0.3) is 8.32 Å². The van der Waals surface area contributed by atoms with Crippen molar-refractivity contribution >= 4 is 18.7 Å². The van der Waals surface area contributed by atoms with Gasteiger partial charge in [-0.15, -0.1) is 6.58 Å². The van der Waals surface area contributed by atoms with Gasteiger partial charge in [-0.3, -0.25) is 0 Å². The number of aliphatic hydroxyl groups is 1. The van der Waals surface area contributed by atoms with Gasteiger partial charge in [0.2, 0.25) is 0 Å². The molecule has 0 saturated heterocycles. The molecular formula is C22H30O2Si. The zero-order chi connectivity index (χ0) is 18.5. The van der Waals surface area contributed by atoms with E-state index in [1.807, 2.05) is 19.1 Å². The van der Waals surface area contributed by atoms with Crippen molar-refractivity contribution in [1.29, 1.82) is 0 Å². The van der Waals surface area contributed by atoms with E-state index in [2.05, 4.69) is 75.9 Å². The third-order valence-electron chi connectivity index (χ3n) is 4.80. The zero-order valence-electron chi connectivity index (χ0n) is 15.8. The monoisotopic (exact) mass is 354 g/mol. The SMILES string of the molecule is C=C[C@@H](O)[C@@H](C)CO[Si](c1ccccc1)(c1ccccc1)C(C)(C)C. The Bertz CT molecular complexity index is 622. The smallest absolute Gasteiger partial charge is 0.261 e.